The quantitative estimate of drug-likeness (QED) is 0.821. The zero-order valence-electron chi connectivity index (χ0n) is 15.4. The Kier molecular flexibility index (Phi) is 6.19. The maximum Gasteiger partial charge on any atom is 0.0746 e. The van der Waals surface area contributed by atoms with Gasteiger partial charge in [0.05, 0.1) is 5.52 Å². The van der Waals surface area contributed by atoms with Gasteiger partial charge >= 0.3 is 0 Å². The third-order valence-corrected chi connectivity index (χ3v) is 5.00. The third kappa shape index (κ3) is 4.66. The molecule has 1 aliphatic rings. The number of hydrogen-bond donors (Lipinski definition) is 1. The molecule has 1 aliphatic heterocycles. The maximum absolute atomic E-state index is 9.46. The van der Waals surface area contributed by atoms with Gasteiger partial charge in [-0.05, 0) is 31.9 Å². The number of hydrogen-bond acceptors (Lipinski definition) is 4. The SMILES string of the molecule is CC(C)=CCN1CCN(Cc2cccc3cccnc23)CC1CCO. The first kappa shape index (κ1) is 18.1. The second-order valence-electron chi connectivity index (χ2n) is 7.17. The lowest BCUT2D eigenvalue weighted by molar-refractivity contribution is 0.0638. The summed E-state index contributed by atoms with van der Waals surface area (Å²) in [5.41, 5.74) is 3.75. The molecule has 134 valence electrons. The Morgan fingerprint density at radius 1 is 1.24 bits per heavy atom. The van der Waals surface area contributed by atoms with Gasteiger partial charge in [-0.15, -0.1) is 0 Å². The minimum Gasteiger partial charge on any atom is -0.396 e. The summed E-state index contributed by atoms with van der Waals surface area (Å²) in [5.74, 6) is 0. The second-order valence-corrected chi connectivity index (χ2v) is 7.17. The van der Waals surface area contributed by atoms with E-state index in [2.05, 4.69) is 59.0 Å². The molecule has 0 bridgehead atoms. The number of rotatable bonds is 6. The summed E-state index contributed by atoms with van der Waals surface area (Å²) in [5, 5.41) is 10.7. The van der Waals surface area contributed by atoms with E-state index in [1.165, 1.54) is 16.5 Å². The highest BCUT2D eigenvalue weighted by Crippen LogP contribution is 2.20. The fraction of sp³-hybridized carbons (Fsp3) is 0.476. The largest absolute Gasteiger partial charge is 0.396 e. The first-order chi connectivity index (χ1) is 12.2. The lowest BCUT2D eigenvalue weighted by Crippen LogP contribution is -2.53. The molecule has 0 spiro atoms. The zero-order valence-corrected chi connectivity index (χ0v) is 15.4. The van der Waals surface area contributed by atoms with E-state index in [0.717, 1.165) is 44.7 Å². The van der Waals surface area contributed by atoms with Crippen LogP contribution in [0.15, 0.2) is 48.2 Å². The van der Waals surface area contributed by atoms with E-state index in [4.69, 9.17) is 0 Å². The molecule has 4 nitrogen and oxygen atoms in total. The van der Waals surface area contributed by atoms with E-state index in [1.807, 2.05) is 12.3 Å². The molecule has 0 saturated carbocycles. The number of pyridine rings is 1. The lowest BCUT2D eigenvalue weighted by atomic mass is 10.1. The Hall–Kier alpha value is -1.75. The van der Waals surface area contributed by atoms with Gasteiger partial charge in [0.15, 0.2) is 0 Å². The molecule has 1 N–H and O–H groups in total. The van der Waals surface area contributed by atoms with Gasteiger partial charge in [-0.3, -0.25) is 14.8 Å². The van der Waals surface area contributed by atoms with E-state index in [-0.39, 0.29) is 6.61 Å². The van der Waals surface area contributed by atoms with Gasteiger partial charge in [0, 0.05) is 57.0 Å². The molecule has 4 heteroatoms. The third-order valence-electron chi connectivity index (χ3n) is 5.00. The molecule has 0 amide bonds. The van der Waals surface area contributed by atoms with E-state index in [1.54, 1.807) is 0 Å². The first-order valence-electron chi connectivity index (χ1n) is 9.20. The molecule has 1 saturated heterocycles. The molecule has 1 aromatic carbocycles. The first-order valence-corrected chi connectivity index (χ1v) is 9.20. The monoisotopic (exact) mass is 339 g/mol. The summed E-state index contributed by atoms with van der Waals surface area (Å²) >= 11 is 0. The summed E-state index contributed by atoms with van der Waals surface area (Å²) in [7, 11) is 0. The molecule has 0 radical (unpaired) electrons. The van der Waals surface area contributed by atoms with Crippen LogP contribution in [0.3, 0.4) is 0 Å². The van der Waals surface area contributed by atoms with Gasteiger partial charge in [0.2, 0.25) is 0 Å². The van der Waals surface area contributed by atoms with Crippen molar-refractivity contribution in [2.24, 2.45) is 0 Å². The average Bonchev–Trinajstić information content (AvgIpc) is 2.61. The van der Waals surface area contributed by atoms with Crippen molar-refractivity contribution >= 4 is 10.9 Å². The van der Waals surface area contributed by atoms with Crippen molar-refractivity contribution in [1.29, 1.82) is 0 Å². The Labute approximate surface area is 150 Å². The Balaban J connectivity index is 1.70. The highest BCUT2D eigenvalue weighted by molar-refractivity contribution is 5.81. The number of benzene rings is 1. The summed E-state index contributed by atoms with van der Waals surface area (Å²) in [6.07, 6.45) is 4.99. The predicted octanol–water partition coefficient (Wildman–Crippen LogP) is 3.07. The lowest BCUT2D eigenvalue weighted by Gasteiger charge is -2.41. The smallest absolute Gasteiger partial charge is 0.0746 e. The second kappa shape index (κ2) is 8.56. The minimum absolute atomic E-state index is 0.250. The van der Waals surface area contributed by atoms with Gasteiger partial charge in [-0.2, -0.15) is 0 Å². The average molecular weight is 339 g/mol. The van der Waals surface area contributed by atoms with Crippen LogP contribution in [0.4, 0.5) is 0 Å². The van der Waals surface area contributed by atoms with Gasteiger partial charge in [0.1, 0.15) is 0 Å². The van der Waals surface area contributed by atoms with Crippen LogP contribution >= 0.6 is 0 Å². The number of aliphatic hydroxyl groups excluding tert-OH is 1. The van der Waals surface area contributed by atoms with E-state index < -0.39 is 0 Å². The van der Waals surface area contributed by atoms with Gasteiger partial charge in [-0.1, -0.05) is 35.9 Å². The van der Waals surface area contributed by atoms with Crippen molar-refractivity contribution < 1.29 is 5.11 Å². The van der Waals surface area contributed by atoms with Crippen LogP contribution in [0.5, 0.6) is 0 Å². The van der Waals surface area contributed by atoms with Crippen molar-refractivity contribution in [2.75, 3.05) is 32.8 Å². The summed E-state index contributed by atoms with van der Waals surface area (Å²) in [6.45, 7) is 9.55. The molecular formula is C21H29N3O. The number of fused-ring (bicyclic) bond motifs is 1. The number of nitrogens with zero attached hydrogens (tertiary/aromatic N) is 3. The molecule has 2 aromatic rings. The molecular weight excluding hydrogens is 310 g/mol. The fourth-order valence-corrected chi connectivity index (χ4v) is 3.60. The topological polar surface area (TPSA) is 39.6 Å². The van der Waals surface area contributed by atoms with Crippen molar-refractivity contribution in [3.63, 3.8) is 0 Å². The maximum atomic E-state index is 9.46. The molecule has 25 heavy (non-hydrogen) atoms. The number of allylic oxidation sites excluding steroid dienone is 1. The number of para-hydroxylation sites is 1. The van der Waals surface area contributed by atoms with Crippen LogP contribution < -0.4 is 0 Å². The van der Waals surface area contributed by atoms with Gasteiger partial charge < -0.3 is 5.11 Å². The normalized spacial score (nSPS) is 19.2. The van der Waals surface area contributed by atoms with Crippen LogP contribution in [0.2, 0.25) is 0 Å². The fourth-order valence-electron chi connectivity index (χ4n) is 3.60. The van der Waals surface area contributed by atoms with Crippen molar-refractivity contribution in [3.8, 4) is 0 Å². The molecule has 3 rings (SSSR count). The van der Waals surface area contributed by atoms with Gasteiger partial charge in [0.25, 0.3) is 0 Å². The predicted molar refractivity (Wildman–Crippen MR) is 104 cm³/mol. The molecule has 2 heterocycles. The van der Waals surface area contributed by atoms with Crippen LogP contribution in [0.1, 0.15) is 25.8 Å². The summed E-state index contributed by atoms with van der Waals surface area (Å²) in [4.78, 5) is 9.58. The van der Waals surface area contributed by atoms with Crippen LogP contribution in [0.25, 0.3) is 10.9 Å². The summed E-state index contributed by atoms with van der Waals surface area (Å²) < 4.78 is 0. The van der Waals surface area contributed by atoms with Crippen molar-refractivity contribution in [1.82, 2.24) is 14.8 Å². The van der Waals surface area contributed by atoms with E-state index in [9.17, 15) is 5.11 Å². The number of piperazine rings is 1. The van der Waals surface area contributed by atoms with Gasteiger partial charge in [-0.25, -0.2) is 0 Å². The molecule has 1 aromatic heterocycles. The van der Waals surface area contributed by atoms with Crippen LogP contribution in [0, 0.1) is 0 Å². The molecule has 0 aliphatic carbocycles. The highest BCUT2D eigenvalue weighted by Gasteiger charge is 2.26. The Bertz CT molecular complexity index is 719. The van der Waals surface area contributed by atoms with Crippen LogP contribution in [-0.2, 0) is 6.54 Å². The Morgan fingerprint density at radius 3 is 2.88 bits per heavy atom. The standard InChI is InChI=1S/C21H29N3O/c1-17(2)8-11-24-13-12-23(16-20(24)9-14-25)15-19-6-3-5-18-7-4-10-22-21(18)19/h3-8,10,20,25H,9,11-16H2,1-2H3. The molecule has 1 fully saturated rings. The van der Waals surface area contributed by atoms with Crippen molar-refractivity contribution in [2.45, 2.75) is 32.9 Å². The van der Waals surface area contributed by atoms with Crippen LogP contribution in [-0.4, -0.2) is 58.7 Å². The summed E-state index contributed by atoms with van der Waals surface area (Å²) in [6, 6.07) is 11.0. The molecule has 1 unspecified atom stereocenters. The zero-order chi connectivity index (χ0) is 17.6. The number of aromatic nitrogens is 1. The van der Waals surface area contributed by atoms with E-state index in [0.29, 0.717) is 6.04 Å². The van der Waals surface area contributed by atoms with Crippen molar-refractivity contribution in [3.05, 3.63) is 53.7 Å². The highest BCUT2D eigenvalue weighted by atomic mass is 16.3. The molecule has 1 atom stereocenters. The van der Waals surface area contributed by atoms with E-state index >= 15 is 0 Å². The number of aliphatic hydroxyl groups is 1. The minimum atomic E-state index is 0.250. The Morgan fingerprint density at radius 2 is 2.08 bits per heavy atom.